The predicted molar refractivity (Wildman–Crippen MR) is 71.6 cm³/mol. The smallest absolute Gasteiger partial charge is 0.0964 e. The van der Waals surface area contributed by atoms with Crippen LogP contribution in [0, 0.1) is 13.8 Å². The Morgan fingerprint density at radius 2 is 2.16 bits per heavy atom. The van der Waals surface area contributed by atoms with Gasteiger partial charge in [-0.25, -0.2) is 4.98 Å². The average molecular weight is 260 g/mol. The van der Waals surface area contributed by atoms with E-state index in [1.54, 1.807) is 0 Å². The molecule has 3 rings (SSSR count). The Labute approximate surface area is 112 Å². The lowest BCUT2D eigenvalue weighted by Crippen LogP contribution is -2.15. The zero-order chi connectivity index (χ0) is 13.2. The second kappa shape index (κ2) is 5.13. The van der Waals surface area contributed by atoms with Crippen molar-refractivity contribution in [3.63, 3.8) is 0 Å². The number of imidazole rings is 1. The summed E-state index contributed by atoms with van der Waals surface area (Å²) in [6.45, 7) is 6.66. The van der Waals surface area contributed by atoms with E-state index in [1.807, 2.05) is 24.1 Å². The lowest BCUT2D eigenvalue weighted by Gasteiger charge is -2.04. The maximum absolute atomic E-state index is 4.30. The van der Waals surface area contributed by atoms with Crippen molar-refractivity contribution in [2.75, 3.05) is 0 Å². The van der Waals surface area contributed by atoms with Gasteiger partial charge in [-0.3, -0.25) is 4.68 Å². The van der Waals surface area contributed by atoms with Gasteiger partial charge in [-0.15, -0.1) is 5.10 Å². The molecular formula is C13H20N6. The topological polar surface area (TPSA) is 60.6 Å². The summed E-state index contributed by atoms with van der Waals surface area (Å²) < 4.78 is 4.05. The first kappa shape index (κ1) is 12.3. The van der Waals surface area contributed by atoms with Crippen molar-refractivity contribution in [3.8, 4) is 0 Å². The van der Waals surface area contributed by atoms with Crippen LogP contribution < -0.4 is 5.32 Å². The van der Waals surface area contributed by atoms with Crippen LogP contribution in [0.3, 0.4) is 0 Å². The first-order chi connectivity index (χ1) is 9.22. The van der Waals surface area contributed by atoms with Gasteiger partial charge in [-0.1, -0.05) is 5.21 Å². The molecule has 0 aliphatic heterocycles. The van der Waals surface area contributed by atoms with E-state index in [0.717, 1.165) is 31.0 Å². The molecule has 6 nitrogen and oxygen atoms in total. The molecule has 102 valence electrons. The van der Waals surface area contributed by atoms with Gasteiger partial charge in [-0.05, 0) is 26.7 Å². The Morgan fingerprint density at radius 1 is 1.32 bits per heavy atom. The number of nitrogens with one attached hydrogen (secondary N) is 1. The molecule has 0 atom stereocenters. The van der Waals surface area contributed by atoms with Crippen LogP contribution in [0.25, 0.3) is 0 Å². The summed E-state index contributed by atoms with van der Waals surface area (Å²) in [4.78, 5) is 4.30. The van der Waals surface area contributed by atoms with Crippen LogP contribution in [-0.4, -0.2) is 30.6 Å². The first-order valence-corrected chi connectivity index (χ1v) is 6.83. The quantitative estimate of drug-likeness (QED) is 0.843. The highest BCUT2D eigenvalue weighted by molar-refractivity contribution is 5.08. The van der Waals surface area contributed by atoms with Crippen molar-refractivity contribution in [3.05, 3.63) is 29.6 Å². The largest absolute Gasteiger partial charge is 0.333 e. The lowest BCUT2D eigenvalue weighted by molar-refractivity contribution is 0.513. The molecule has 1 N–H and O–H groups in total. The number of rotatable bonds is 6. The molecular weight excluding hydrogens is 240 g/mol. The number of hydrogen-bond donors (Lipinski definition) is 1. The van der Waals surface area contributed by atoms with Gasteiger partial charge in [0.05, 0.1) is 24.3 Å². The van der Waals surface area contributed by atoms with Crippen LogP contribution >= 0.6 is 0 Å². The van der Waals surface area contributed by atoms with Gasteiger partial charge >= 0.3 is 0 Å². The average Bonchev–Trinajstić information content (AvgIpc) is 3.05. The summed E-state index contributed by atoms with van der Waals surface area (Å²) in [5, 5.41) is 11.8. The highest BCUT2D eigenvalue weighted by atomic mass is 15.4. The van der Waals surface area contributed by atoms with Gasteiger partial charge in [-0.2, -0.15) is 0 Å². The van der Waals surface area contributed by atoms with Crippen molar-refractivity contribution < 1.29 is 0 Å². The number of hydrogen-bond acceptors (Lipinski definition) is 4. The second-order valence-corrected chi connectivity index (χ2v) is 5.24. The van der Waals surface area contributed by atoms with Crippen molar-refractivity contribution >= 4 is 0 Å². The Bertz CT molecular complexity index is 551. The molecule has 0 unspecified atom stereocenters. The summed E-state index contributed by atoms with van der Waals surface area (Å²) in [6.07, 6.45) is 6.51. The minimum atomic E-state index is 0.710. The normalized spacial score (nSPS) is 15.1. The predicted octanol–water partition coefficient (Wildman–Crippen LogP) is 1.04. The van der Waals surface area contributed by atoms with E-state index >= 15 is 0 Å². The van der Waals surface area contributed by atoms with Crippen LogP contribution in [0.1, 0.15) is 29.9 Å². The molecule has 2 aromatic rings. The molecule has 6 heteroatoms. The third-order valence-corrected chi connectivity index (χ3v) is 3.65. The zero-order valence-electron chi connectivity index (χ0n) is 11.5. The molecule has 1 saturated carbocycles. The third kappa shape index (κ3) is 3.01. The minimum Gasteiger partial charge on any atom is -0.333 e. The Morgan fingerprint density at radius 3 is 2.84 bits per heavy atom. The second-order valence-electron chi connectivity index (χ2n) is 5.24. The van der Waals surface area contributed by atoms with E-state index in [2.05, 4.69) is 32.1 Å². The summed E-state index contributed by atoms with van der Waals surface area (Å²) in [5.41, 5.74) is 3.33. The number of nitrogens with zero attached hydrogens (tertiary/aromatic N) is 5. The molecule has 2 aromatic heterocycles. The van der Waals surface area contributed by atoms with Crippen LogP contribution in [0.2, 0.25) is 0 Å². The van der Waals surface area contributed by atoms with Gasteiger partial charge in [0, 0.05) is 31.0 Å². The maximum Gasteiger partial charge on any atom is 0.0964 e. The molecule has 1 fully saturated rings. The van der Waals surface area contributed by atoms with Crippen molar-refractivity contribution in [2.24, 2.45) is 0 Å². The van der Waals surface area contributed by atoms with Crippen LogP contribution in [0.4, 0.5) is 0 Å². The molecule has 0 radical (unpaired) electrons. The lowest BCUT2D eigenvalue weighted by atomic mass is 10.4. The van der Waals surface area contributed by atoms with Gasteiger partial charge in [0.25, 0.3) is 0 Å². The van der Waals surface area contributed by atoms with E-state index in [4.69, 9.17) is 0 Å². The van der Waals surface area contributed by atoms with Gasteiger partial charge in [0.1, 0.15) is 0 Å². The molecule has 1 aliphatic carbocycles. The van der Waals surface area contributed by atoms with E-state index < -0.39 is 0 Å². The van der Waals surface area contributed by atoms with E-state index in [9.17, 15) is 0 Å². The molecule has 1 aliphatic rings. The minimum absolute atomic E-state index is 0.710. The standard InChI is InChI=1S/C13H20N6/c1-10-11(2)18(9-15-10)5-6-19-8-13(16-17-19)7-14-12-3-4-12/h8-9,12,14H,3-7H2,1-2H3. The summed E-state index contributed by atoms with van der Waals surface area (Å²) >= 11 is 0. The summed E-state index contributed by atoms with van der Waals surface area (Å²) in [6, 6.07) is 0.710. The molecule has 0 bridgehead atoms. The third-order valence-electron chi connectivity index (χ3n) is 3.65. The maximum atomic E-state index is 4.30. The van der Waals surface area contributed by atoms with Gasteiger partial charge in [0.15, 0.2) is 0 Å². The molecule has 2 heterocycles. The van der Waals surface area contributed by atoms with Crippen LogP contribution in [-0.2, 0) is 19.6 Å². The van der Waals surface area contributed by atoms with Crippen LogP contribution in [0.5, 0.6) is 0 Å². The van der Waals surface area contributed by atoms with Crippen molar-refractivity contribution in [2.45, 2.75) is 52.4 Å². The Hall–Kier alpha value is -1.69. The molecule has 0 spiro atoms. The van der Waals surface area contributed by atoms with Gasteiger partial charge in [0.2, 0.25) is 0 Å². The van der Waals surface area contributed by atoms with Crippen LogP contribution in [0.15, 0.2) is 12.5 Å². The summed E-state index contributed by atoms with van der Waals surface area (Å²) in [7, 11) is 0. The Kier molecular flexibility index (Phi) is 3.33. The first-order valence-electron chi connectivity index (χ1n) is 6.83. The van der Waals surface area contributed by atoms with Gasteiger partial charge < -0.3 is 9.88 Å². The molecule has 0 saturated heterocycles. The molecule has 0 amide bonds. The van der Waals surface area contributed by atoms with E-state index in [0.29, 0.717) is 6.04 Å². The van der Waals surface area contributed by atoms with E-state index in [1.165, 1.54) is 18.5 Å². The SMILES string of the molecule is Cc1ncn(CCn2cc(CNC3CC3)nn2)c1C. The van der Waals surface area contributed by atoms with E-state index in [-0.39, 0.29) is 0 Å². The fourth-order valence-corrected chi connectivity index (χ4v) is 2.04. The molecule has 0 aromatic carbocycles. The van der Waals surface area contributed by atoms with Crippen molar-refractivity contribution in [1.82, 2.24) is 29.9 Å². The number of aromatic nitrogens is 5. The van der Waals surface area contributed by atoms with Crippen molar-refractivity contribution in [1.29, 1.82) is 0 Å². The fraction of sp³-hybridized carbons (Fsp3) is 0.615. The summed E-state index contributed by atoms with van der Waals surface area (Å²) in [5.74, 6) is 0. The fourth-order valence-electron chi connectivity index (χ4n) is 2.04. The zero-order valence-corrected chi connectivity index (χ0v) is 11.5. The monoisotopic (exact) mass is 260 g/mol. The highest BCUT2D eigenvalue weighted by Crippen LogP contribution is 2.18. The Balaban J connectivity index is 1.53. The molecule has 19 heavy (non-hydrogen) atoms. The number of aryl methyl sites for hydroxylation is 3. The highest BCUT2D eigenvalue weighted by Gasteiger charge is 2.20.